The second-order valence-corrected chi connectivity index (χ2v) is 5.44. The summed E-state index contributed by atoms with van der Waals surface area (Å²) >= 11 is 0. The molecule has 0 aliphatic carbocycles. The molecule has 0 bridgehead atoms. The van der Waals surface area contributed by atoms with E-state index in [1.165, 1.54) is 0 Å². The SMILES string of the molecule is COc1ncnc(C(C)C)c1C1CCN(C)CCN1. The van der Waals surface area contributed by atoms with E-state index < -0.39 is 0 Å². The van der Waals surface area contributed by atoms with Gasteiger partial charge in [0, 0.05) is 19.1 Å². The van der Waals surface area contributed by atoms with E-state index in [9.17, 15) is 0 Å². The van der Waals surface area contributed by atoms with Gasteiger partial charge < -0.3 is 15.0 Å². The summed E-state index contributed by atoms with van der Waals surface area (Å²) < 4.78 is 5.45. The van der Waals surface area contributed by atoms with Crippen LogP contribution < -0.4 is 10.1 Å². The maximum Gasteiger partial charge on any atom is 0.221 e. The molecule has 1 aromatic rings. The number of aromatic nitrogens is 2. The van der Waals surface area contributed by atoms with Gasteiger partial charge in [0.25, 0.3) is 0 Å². The van der Waals surface area contributed by atoms with E-state index >= 15 is 0 Å². The Kier molecular flexibility index (Phi) is 4.71. The molecule has 5 nitrogen and oxygen atoms in total. The Balaban J connectivity index is 2.35. The molecule has 1 atom stereocenters. The molecule has 0 radical (unpaired) electrons. The number of hydrogen-bond donors (Lipinski definition) is 1. The van der Waals surface area contributed by atoms with E-state index in [1.807, 2.05) is 0 Å². The van der Waals surface area contributed by atoms with Crippen LogP contribution in [0.1, 0.15) is 43.5 Å². The van der Waals surface area contributed by atoms with Crippen LogP contribution >= 0.6 is 0 Å². The maximum absolute atomic E-state index is 5.45. The van der Waals surface area contributed by atoms with Crippen molar-refractivity contribution in [1.29, 1.82) is 0 Å². The number of likely N-dealkylation sites (N-methyl/N-ethyl adjacent to an activating group) is 1. The van der Waals surface area contributed by atoms with Crippen molar-refractivity contribution in [2.75, 3.05) is 33.8 Å². The van der Waals surface area contributed by atoms with Crippen molar-refractivity contribution in [3.8, 4) is 5.88 Å². The largest absolute Gasteiger partial charge is 0.481 e. The summed E-state index contributed by atoms with van der Waals surface area (Å²) in [5.41, 5.74) is 2.23. The highest BCUT2D eigenvalue weighted by molar-refractivity contribution is 5.35. The summed E-state index contributed by atoms with van der Waals surface area (Å²) in [7, 11) is 3.84. The van der Waals surface area contributed by atoms with Gasteiger partial charge in [0.1, 0.15) is 6.33 Å². The lowest BCUT2D eigenvalue weighted by molar-refractivity contribution is 0.351. The predicted molar refractivity (Wildman–Crippen MR) is 75.5 cm³/mol. The van der Waals surface area contributed by atoms with Gasteiger partial charge in [-0.05, 0) is 25.9 Å². The van der Waals surface area contributed by atoms with Crippen LogP contribution in [0.15, 0.2) is 6.33 Å². The third-order valence-corrected chi connectivity index (χ3v) is 3.65. The van der Waals surface area contributed by atoms with Crippen LogP contribution in [0.25, 0.3) is 0 Å². The van der Waals surface area contributed by atoms with Crippen LogP contribution in [0.5, 0.6) is 5.88 Å². The Morgan fingerprint density at radius 2 is 2.16 bits per heavy atom. The molecule has 0 amide bonds. The fraction of sp³-hybridized carbons (Fsp3) is 0.714. The van der Waals surface area contributed by atoms with E-state index in [4.69, 9.17) is 4.74 Å². The molecule has 0 saturated carbocycles. The van der Waals surface area contributed by atoms with E-state index in [2.05, 4.69) is 41.1 Å². The monoisotopic (exact) mass is 264 g/mol. The van der Waals surface area contributed by atoms with Gasteiger partial charge in [-0.2, -0.15) is 0 Å². The highest BCUT2D eigenvalue weighted by Crippen LogP contribution is 2.32. The highest BCUT2D eigenvalue weighted by Gasteiger charge is 2.25. The van der Waals surface area contributed by atoms with Gasteiger partial charge >= 0.3 is 0 Å². The molecule has 1 aliphatic heterocycles. The number of methoxy groups -OCH3 is 1. The van der Waals surface area contributed by atoms with Crippen molar-refractivity contribution in [1.82, 2.24) is 20.2 Å². The molecule has 1 aliphatic rings. The molecule has 1 aromatic heterocycles. The Morgan fingerprint density at radius 1 is 1.37 bits per heavy atom. The molecule has 1 N–H and O–H groups in total. The lowest BCUT2D eigenvalue weighted by Gasteiger charge is -2.22. The van der Waals surface area contributed by atoms with Crippen molar-refractivity contribution in [2.45, 2.75) is 32.2 Å². The molecule has 1 saturated heterocycles. The second-order valence-electron chi connectivity index (χ2n) is 5.44. The molecule has 2 heterocycles. The van der Waals surface area contributed by atoms with E-state index in [1.54, 1.807) is 13.4 Å². The number of ether oxygens (including phenoxy) is 1. The third kappa shape index (κ3) is 3.22. The van der Waals surface area contributed by atoms with Crippen molar-refractivity contribution in [3.05, 3.63) is 17.6 Å². The van der Waals surface area contributed by atoms with Crippen molar-refractivity contribution in [2.24, 2.45) is 0 Å². The molecule has 2 rings (SSSR count). The van der Waals surface area contributed by atoms with Gasteiger partial charge in [-0.15, -0.1) is 0 Å². The summed E-state index contributed by atoms with van der Waals surface area (Å²) in [6, 6.07) is 0.276. The summed E-state index contributed by atoms with van der Waals surface area (Å²) in [5, 5.41) is 3.60. The van der Waals surface area contributed by atoms with Crippen LogP contribution in [0, 0.1) is 0 Å². The van der Waals surface area contributed by atoms with Crippen molar-refractivity contribution in [3.63, 3.8) is 0 Å². The van der Waals surface area contributed by atoms with Crippen LogP contribution in [0.2, 0.25) is 0 Å². The van der Waals surface area contributed by atoms with Gasteiger partial charge in [0.15, 0.2) is 0 Å². The van der Waals surface area contributed by atoms with Gasteiger partial charge in [-0.1, -0.05) is 13.8 Å². The second kappa shape index (κ2) is 6.30. The van der Waals surface area contributed by atoms with Gasteiger partial charge in [-0.25, -0.2) is 9.97 Å². The summed E-state index contributed by atoms with van der Waals surface area (Å²) in [6.07, 6.45) is 2.65. The zero-order valence-electron chi connectivity index (χ0n) is 12.3. The minimum atomic E-state index is 0.276. The van der Waals surface area contributed by atoms with E-state index in [0.717, 1.165) is 37.3 Å². The molecule has 5 heteroatoms. The van der Waals surface area contributed by atoms with Crippen LogP contribution in [0.3, 0.4) is 0 Å². The molecule has 1 fully saturated rings. The zero-order valence-corrected chi connectivity index (χ0v) is 12.3. The Labute approximate surface area is 115 Å². The Morgan fingerprint density at radius 3 is 2.84 bits per heavy atom. The molecular formula is C14H24N4O. The Hall–Kier alpha value is -1.20. The first-order valence-corrected chi connectivity index (χ1v) is 6.94. The van der Waals surface area contributed by atoms with E-state index in [0.29, 0.717) is 11.8 Å². The van der Waals surface area contributed by atoms with Crippen molar-refractivity contribution < 1.29 is 4.74 Å². The van der Waals surface area contributed by atoms with Gasteiger partial charge in [-0.3, -0.25) is 0 Å². The van der Waals surface area contributed by atoms with E-state index in [-0.39, 0.29) is 6.04 Å². The molecule has 106 valence electrons. The van der Waals surface area contributed by atoms with Crippen LogP contribution in [0.4, 0.5) is 0 Å². The third-order valence-electron chi connectivity index (χ3n) is 3.65. The first-order valence-electron chi connectivity index (χ1n) is 6.94. The number of nitrogens with zero attached hydrogens (tertiary/aromatic N) is 3. The summed E-state index contributed by atoms with van der Waals surface area (Å²) in [5.74, 6) is 1.08. The lowest BCUT2D eigenvalue weighted by Crippen LogP contribution is -2.26. The number of nitrogens with one attached hydrogen (secondary N) is 1. The molecule has 1 unspecified atom stereocenters. The quantitative estimate of drug-likeness (QED) is 0.898. The fourth-order valence-corrected chi connectivity index (χ4v) is 2.58. The lowest BCUT2D eigenvalue weighted by atomic mass is 9.97. The average molecular weight is 264 g/mol. The fourth-order valence-electron chi connectivity index (χ4n) is 2.58. The first kappa shape index (κ1) is 14.2. The minimum absolute atomic E-state index is 0.276. The molecule has 19 heavy (non-hydrogen) atoms. The molecule has 0 aromatic carbocycles. The number of hydrogen-bond acceptors (Lipinski definition) is 5. The average Bonchev–Trinajstić information content (AvgIpc) is 2.62. The highest BCUT2D eigenvalue weighted by atomic mass is 16.5. The topological polar surface area (TPSA) is 50.3 Å². The Bertz CT molecular complexity index is 422. The smallest absolute Gasteiger partial charge is 0.221 e. The van der Waals surface area contributed by atoms with Gasteiger partial charge in [0.2, 0.25) is 5.88 Å². The minimum Gasteiger partial charge on any atom is -0.481 e. The zero-order chi connectivity index (χ0) is 13.8. The molecule has 0 spiro atoms. The molecular weight excluding hydrogens is 240 g/mol. The standard InChI is InChI=1S/C14H24N4O/c1-10(2)13-12(14(19-4)17-9-16-13)11-5-7-18(3)8-6-15-11/h9-11,15H,5-8H2,1-4H3. The summed E-state index contributed by atoms with van der Waals surface area (Å²) in [6.45, 7) is 7.45. The number of rotatable bonds is 3. The first-order chi connectivity index (χ1) is 9.13. The van der Waals surface area contributed by atoms with Gasteiger partial charge in [0.05, 0.1) is 18.4 Å². The predicted octanol–water partition coefficient (Wildman–Crippen LogP) is 1.57. The normalized spacial score (nSPS) is 21.4. The maximum atomic E-state index is 5.45. The van der Waals surface area contributed by atoms with Crippen LogP contribution in [-0.2, 0) is 0 Å². The summed E-state index contributed by atoms with van der Waals surface area (Å²) in [4.78, 5) is 11.1. The van der Waals surface area contributed by atoms with Crippen molar-refractivity contribution >= 4 is 0 Å². The van der Waals surface area contributed by atoms with Crippen LogP contribution in [-0.4, -0.2) is 48.7 Å².